The molecule has 1 atom stereocenters. The summed E-state index contributed by atoms with van der Waals surface area (Å²) >= 11 is 2.83. The molecule has 10 heteroatoms. The molecule has 0 fully saturated rings. The summed E-state index contributed by atoms with van der Waals surface area (Å²) in [5.41, 5.74) is 3.54. The van der Waals surface area contributed by atoms with Gasteiger partial charge >= 0.3 is 0 Å². The molecule has 200 valence electrons. The molecule has 0 spiro atoms. The highest BCUT2D eigenvalue weighted by Crippen LogP contribution is 2.44. The van der Waals surface area contributed by atoms with Gasteiger partial charge in [-0.25, -0.2) is 0 Å². The molecule has 4 rings (SSSR count). The van der Waals surface area contributed by atoms with Gasteiger partial charge in [0, 0.05) is 17.0 Å². The van der Waals surface area contributed by atoms with Gasteiger partial charge in [-0.3, -0.25) is 9.59 Å². The van der Waals surface area contributed by atoms with E-state index in [1.165, 1.54) is 28.0 Å². The Hall–Kier alpha value is -3.16. The Bertz CT molecular complexity index is 1380. The minimum absolute atomic E-state index is 0.145. The number of nitrogens with one attached hydrogen (secondary N) is 2. The maximum Gasteiger partial charge on any atom is 0.251 e. The zero-order valence-electron chi connectivity index (χ0n) is 22.6. The largest absolute Gasteiger partial charge is 0.345 e. The number of hydrogen-bond acceptors (Lipinski definition) is 7. The third-order valence-electron chi connectivity index (χ3n) is 6.98. The van der Waals surface area contributed by atoms with Gasteiger partial charge in [0.05, 0.1) is 17.9 Å². The average Bonchev–Trinajstić information content (AvgIpc) is 3.44. The summed E-state index contributed by atoms with van der Waals surface area (Å²) in [7, 11) is 0. The van der Waals surface area contributed by atoms with E-state index in [1.807, 2.05) is 36.6 Å². The first kappa shape index (κ1) is 27.9. The summed E-state index contributed by atoms with van der Waals surface area (Å²) in [5, 5.41) is 25.4. The van der Waals surface area contributed by atoms with Crippen molar-refractivity contribution in [2.45, 2.75) is 72.1 Å². The number of benzene rings is 1. The van der Waals surface area contributed by atoms with E-state index in [2.05, 4.69) is 47.7 Å². The smallest absolute Gasteiger partial charge is 0.251 e. The number of amides is 2. The van der Waals surface area contributed by atoms with Gasteiger partial charge in [-0.05, 0) is 62.1 Å². The lowest BCUT2D eigenvalue weighted by Crippen LogP contribution is -2.26. The van der Waals surface area contributed by atoms with Gasteiger partial charge in [0.1, 0.15) is 11.1 Å². The van der Waals surface area contributed by atoms with E-state index in [0.29, 0.717) is 39.6 Å². The minimum atomic E-state index is -0.183. The first-order valence-electron chi connectivity index (χ1n) is 12.8. The van der Waals surface area contributed by atoms with Crippen LogP contribution in [0.15, 0.2) is 29.4 Å². The Morgan fingerprint density at radius 1 is 1.29 bits per heavy atom. The number of anilines is 1. The standard InChI is InChI=1S/C28H34N6O2S2/c1-6-34-23(15-30-25(36)18-9-7-8-17(2)12-18)32-33-27(34)37-16-24(35)31-26-21(14-29)20-11-10-19(28(3,4)5)13-22(20)38-26/h7-9,12,19H,6,10-11,13,15-16H2,1-5H3,(H,30,36)(H,31,35)/t19-/m1/s1. The fraction of sp³-hybridized carbons (Fsp3) is 0.464. The summed E-state index contributed by atoms with van der Waals surface area (Å²) in [5.74, 6) is 0.982. The molecule has 1 aliphatic rings. The van der Waals surface area contributed by atoms with Gasteiger partial charge in [0.2, 0.25) is 5.91 Å². The minimum Gasteiger partial charge on any atom is -0.345 e. The Kier molecular flexibility index (Phi) is 8.58. The van der Waals surface area contributed by atoms with Crippen molar-refractivity contribution in [3.63, 3.8) is 0 Å². The lowest BCUT2D eigenvalue weighted by molar-refractivity contribution is -0.113. The SMILES string of the molecule is CCn1c(CNC(=O)c2cccc(C)c2)nnc1SCC(=O)Nc1sc2c(c1C#N)CC[C@@H](C(C)(C)C)C2. The molecule has 2 N–H and O–H groups in total. The van der Waals surface area contributed by atoms with Crippen molar-refractivity contribution in [3.05, 3.63) is 57.2 Å². The molecule has 1 aromatic carbocycles. The van der Waals surface area contributed by atoms with Gasteiger partial charge in [0.15, 0.2) is 11.0 Å². The number of rotatable bonds is 8. The molecule has 3 aromatic rings. The van der Waals surface area contributed by atoms with E-state index in [1.54, 1.807) is 6.07 Å². The molecule has 0 saturated carbocycles. The second kappa shape index (κ2) is 11.7. The van der Waals surface area contributed by atoms with Crippen molar-refractivity contribution in [2.24, 2.45) is 11.3 Å². The molecule has 0 radical (unpaired) electrons. The van der Waals surface area contributed by atoms with Gasteiger partial charge < -0.3 is 15.2 Å². The van der Waals surface area contributed by atoms with Crippen LogP contribution in [0.2, 0.25) is 0 Å². The molecule has 2 aromatic heterocycles. The highest BCUT2D eigenvalue weighted by molar-refractivity contribution is 7.99. The third kappa shape index (κ3) is 6.27. The molecule has 2 amide bonds. The summed E-state index contributed by atoms with van der Waals surface area (Å²) in [6, 6.07) is 9.73. The number of carbonyl (C=O) groups is 2. The normalized spacial score (nSPS) is 15.0. The van der Waals surface area contributed by atoms with Crippen molar-refractivity contribution >= 4 is 39.9 Å². The molecule has 0 saturated heterocycles. The molecule has 8 nitrogen and oxygen atoms in total. The number of aromatic nitrogens is 3. The van der Waals surface area contributed by atoms with Crippen LogP contribution in [0.3, 0.4) is 0 Å². The molecule has 38 heavy (non-hydrogen) atoms. The van der Waals surface area contributed by atoms with Crippen LogP contribution in [0.5, 0.6) is 0 Å². The van der Waals surface area contributed by atoms with Crippen LogP contribution in [-0.4, -0.2) is 32.3 Å². The molecular weight excluding hydrogens is 516 g/mol. The van der Waals surface area contributed by atoms with Crippen molar-refractivity contribution in [1.29, 1.82) is 5.26 Å². The van der Waals surface area contributed by atoms with Crippen molar-refractivity contribution < 1.29 is 9.59 Å². The molecule has 0 bridgehead atoms. The van der Waals surface area contributed by atoms with Gasteiger partial charge in [-0.2, -0.15) is 5.26 Å². The predicted octanol–water partition coefficient (Wildman–Crippen LogP) is 5.35. The first-order valence-corrected chi connectivity index (χ1v) is 14.6. The van der Waals surface area contributed by atoms with E-state index in [9.17, 15) is 14.9 Å². The number of thioether (sulfide) groups is 1. The van der Waals surface area contributed by atoms with Crippen LogP contribution < -0.4 is 10.6 Å². The van der Waals surface area contributed by atoms with Crippen LogP contribution in [0.4, 0.5) is 5.00 Å². The van der Waals surface area contributed by atoms with Crippen molar-refractivity contribution in [3.8, 4) is 6.07 Å². The average molecular weight is 551 g/mol. The summed E-state index contributed by atoms with van der Waals surface area (Å²) in [6.07, 6.45) is 2.89. The molecule has 0 unspecified atom stereocenters. The number of thiophene rings is 1. The van der Waals surface area contributed by atoms with Crippen LogP contribution in [0.25, 0.3) is 0 Å². The van der Waals surface area contributed by atoms with Gasteiger partial charge in [-0.1, -0.05) is 50.2 Å². The fourth-order valence-corrected chi connectivity index (χ4v) is 6.86. The number of nitrogens with zero attached hydrogens (tertiary/aromatic N) is 4. The summed E-state index contributed by atoms with van der Waals surface area (Å²) in [6.45, 7) is 11.6. The number of aryl methyl sites for hydroxylation is 1. The molecule has 1 aliphatic carbocycles. The van der Waals surface area contributed by atoms with E-state index in [0.717, 1.165) is 30.4 Å². The fourth-order valence-electron chi connectivity index (χ4n) is 4.75. The zero-order valence-corrected chi connectivity index (χ0v) is 24.2. The highest BCUT2D eigenvalue weighted by Gasteiger charge is 2.32. The Morgan fingerprint density at radius 2 is 2.08 bits per heavy atom. The first-order chi connectivity index (χ1) is 18.1. The zero-order chi connectivity index (χ0) is 27.4. The number of hydrogen-bond donors (Lipinski definition) is 2. The summed E-state index contributed by atoms with van der Waals surface area (Å²) < 4.78 is 1.89. The van der Waals surface area contributed by atoms with Gasteiger partial charge in [-0.15, -0.1) is 21.5 Å². The van der Waals surface area contributed by atoms with Crippen LogP contribution in [0, 0.1) is 29.6 Å². The molecule has 0 aliphatic heterocycles. The molecular formula is C28H34N6O2S2. The highest BCUT2D eigenvalue weighted by atomic mass is 32.2. The van der Waals surface area contributed by atoms with Gasteiger partial charge in [0.25, 0.3) is 5.91 Å². The third-order valence-corrected chi connectivity index (χ3v) is 9.12. The predicted molar refractivity (Wildman–Crippen MR) is 151 cm³/mol. The van der Waals surface area contributed by atoms with Crippen molar-refractivity contribution in [2.75, 3.05) is 11.1 Å². The maximum atomic E-state index is 12.8. The van der Waals surface area contributed by atoms with Crippen LogP contribution >= 0.6 is 23.1 Å². The molecule has 2 heterocycles. The Balaban J connectivity index is 1.37. The quantitative estimate of drug-likeness (QED) is 0.366. The number of fused-ring (bicyclic) bond motifs is 1. The lowest BCUT2D eigenvalue weighted by Gasteiger charge is -2.33. The number of nitriles is 1. The van der Waals surface area contributed by atoms with Crippen LogP contribution in [0.1, 0.15) is 71.9 Å². The Labute approximate surface area is 232 Å². The Morgan fingerprint density at radius 3 is 2.76 bits per heavy atom. The number of carbonyl (C=O) groups excluding carboxylic acids is 2. The summed E-state index contributed by atoms with van der Waals surface area (Å²) in [4.78, 5) is 26.6. The van der Waals surface area contributed by atoms with E-state index in [-0.39, 0.29) is 29.5 Å². The second-order valence-electron chi connectivity index (χ2n) is 10.7. The van der Waals surface area contributed by atoms with Crippen molar-refractivity contribution in [1.82, 2.24) is 20.1 Å². The van der Waals surface area contributed by atoms with E-state index in [4.69, 9.17) is 0 Å². The van der Waals surface area contributed by atoms with E-state index >= 15 is 0 Å². The lowest BCUT2D eigenvalue weighted by atomic mass is 9.72. The van der Waals surface area contributed by atoms with E-state index < -0.39 is 0 Å². The second-order valence-corrected chi connectivity index (χ2v) is 12.7. The van der Waals surface area contributed by atoms with Crippen LogP contribution in [-0.2, 0) is 30.7 Å². The maximum absolute atomic E-state index is 12.8. The monoisotopic (exact) mass is 550 g/mol. The topological polar surface area (TPSA) is 113 Å².